The van der Waals surface area contributed by atoms with Crippen LogP contribution < -0.4 is 5.56 Å². The van der Waals surface area contributed by atoms with Crippen LogP contribution in [0, 0.1) is 6.92 Å². The smallest absolute Gasteiger partial charge is 0.267 e. The summed E-state index contributed by atoms with van der Waals surface area (Å²) in [6.45, 7) is 1.93. The lowest BCUT2D eigenvalue weighted by atomic mass is 10.1. The molecule has 0 saturated carbocycles. The summed E-state index contributed by atoms with van der Waals surface area (Å²) in [6, 6.07) is 10.2. The Labute approximate surface area is 98.5 Å². The molecule has 17 heavy (non-hydrogen) atoms. The van der Waals surface area contributed by atoms with Crippen LogP contribution in [0.15, 0.2) is 47.4 Å². The molecule has 0 N–H and O–H groups in total. The Balaban J connectivity index is 2.20. The van der Waals surface area contributed by atoms with Crippen molar-refractivity contribution >= 4 is 5.78 Å². The summed E-state index contributed by atoms with van der Waals surface area (Å²) in [6.07, 6.45) is 1.49. The molecular weight excluding hydrogens is 216 g/mol. The fourth-order valence-corrected chi connectivity index (χ4v) is 1.47. The van der Waals surface area contributed by atoms with Gasteiger partial charge in [-0.1, -0.05) is 29.8 Å². The van der Waals surface area contributed by atoms with Gasteiger partial charge in [0.15, 0.2) is 5.78 Å². The van der Waals surface area contributed by atoms with Crippen molar-refractivity contribution in [1.82, 2.24) is 9.78 Å². The molecule has 1 aromatic heterocycles. The molecule has 0 amide bonds. The average Bonchev–Trinajstić information content (AvgIpc) is 2.33. The van der Waals surface area contributed by atoms with Gasteiger partial charge in [0.25, 0.3) is 5.56 Å². The average molecular weight is 228 g/mol. The lowest BCUT2D eigenvalue weighted by molar-refractivity contribution is 0.0965. The van der Waals surface area contributed by atoms with Gasteiger partial charge in [-0.2, -0.15) is 5.10 Å². The predicted octanol–water partition coefficient (Wildman–Crippen LogP) is 1.43. The molecule has 0 aliphatic carbocycles. The summed E-state index contributed by atoms with van der Waals surface area (Å²) in [5, 5.41) is 3.84. The van der Waals surface area contributed by atoms with E-state index in [4.69, 9.17) is 0 Å². The van der Waals surface area contributed by atoms with E-state index in [1.807, 2.05) is 19.1 Å². The summed E-state index contributed by atoms with van der Waals surface area (Å²) in [4.78, 5) is 23.3. The zero-order chi connectivity index (χ0) is 12.3. The molecule has 0 unspecified atom stereocenters. The number of nitrogens with zero attached hydrogens (tertiary/aromatic N) is 2. The fourth-order valence-electron chi connectivity index (χ4n) is 1.47. The zero-order valence-corrected chi connectivity index (χ0v) is 9.46. The minimum atomic E-state index is -0.270. The second-order valence-corrected chi connectivity index (χ2v) is 3.81. The van der Waals surface area contributed by atoms with Crippen molar-refractivity contribution in [3.8, 4) is 0 Å². The van der Waals surface area contributed by atoms with Crippen LogP contribution in [-0.2, 0) is 6.54 Å². The van der Waals surface area contributed by atoms with E-state index < -0.39 is 0 Å². The number of hydrogen-bond acceptors (Lipinski definition) is 3. The SMILES string of the molecule is Cc1ccc(C(=O)Cn2ncccc2=O)cc1. The summed E-state index contributed by atoms with van der Waals surface area (Å²) in [5.41, 5.74) is 1.41. The molecule has 2 rings (SSSR count). The molecule has 0 bridgehead atoms. The maximum atomic E-state index is 11.9. The largest absolute Gasteiger partial charge is 0.292 e. The number of rotatable bonds is 3. The fraction of sp³-hybridized carbons (Fsp3) is 0.154. The molecule has 0 radical (unpaired) electrons. The Bertz CT molecular complexity index is 585. The lowest BCUT2D eigenvalue weighted by Gasteiger charge is -2.03. The Morgan fingerprint density at radius 1 is 1.24 bits per heavy atom. The highest BCUT2D eigenvalue weighted by atomic mass is 16.1. The van der Waals surface area contributed by atoms with Crippen molar-refractivity contribution in [2.45, 2.75) is 13.5 Å². The molecule has 1 heterocycles. The first kappa shape index (κ1) is 11.3. The van der Waals surface area contributed by atoms with Crippen LogP contribution in [0.1, 0.15) is 15.9 Å². The molecular formula is C13H12N2O2. The first-order valence-corrected chi connectivity index (χ1v) is 5.29. The van der Waals surface area contributed by atoms with E-state index >= 15 is 0 Å². The first-order valence-electron chi connectivity index (χ1n) is 5.29. The van der Waals surface area contributed by atoms with Gasteiger partial charge in [0.05, 0.1) is 0 Å². The van der Waals surface area contributed by atoms with Crippen LogP contribution in [-0.4, -0.2) is 15.6 Å². The van der Waals surface area contributed by atoms with Crippen LogP contribution in [0.5, 0.6) is 0 Å². The number of benzene rings is 1. The highest BCUT2D eigenvalue weighted by molar-refractivity contribution is 5.95. The molecule has 0 aliphatic heterocycles. The van der Waals surface area contributed by atoms with Gasteiger partial charge in [-0.15, -0.1) is 0 Å². The Morgan fingerprint density at radius 2 is 1.94 bits per heavy atom. The van der Waals surface area contributed by atoms with Crippen molar-refractivity contribution in [3.05, 3.63) is 64.1 Å². The van der Waals surface area contributed by atoms with Crippen molar-refractivity contribution in [2.24, 2.45) is 0 Å². The topological polar surface area (TPSA) is 52.0 Å². The molecule has 4 nitrogen and oxygen atoms in total. The van der Waals surface area contributed by atoms with Gasteiger partial charge in [0.2, 0.25) is 0 Å². The molecule has 86 valence electrons. The summed E-state index contributed by atoms with van der Waals surface area (Å²) in [7, 11) is 0. The Kier molecular flexibility index (Phi) is 3.14. The standard InChI is InChI=1S/C13H12N2O2/c1-10-4-6-11(7-5-10)12(16)9-15-13(17)3-2-8-14-15/h2-8H,9H2,1H3. The second-order valence-electron chi connectivity index (χ2n) is 3.81. The van der Waals surface area contributed by atoms with Crippen LogP contribution in [0.4, 0.5) is 0 Å². The van der Waals surface area contributed by atoms with Gasteiger partial charge < -0.3 is 0 Å². The second kappa shape index (κ2) is 4.74. The highest BCUT2D eigenvalue weighted by Gasteiger charge is 2.07. The van der Waals surface area contributed by atoms with Crippen LogP contribution >= 0.6 is 0 Å². The zero-order valence-electron chi connectivity index (χ0n) is 9.46. The molecule has 0 spiro atoms. The Morgan fingerprint density at radius 3 is 2.59 bits per heavy atom. The van der Waals surface area contributed by atoms with E-state index in [2.05, 4.69) is 5.10 Å². The van der Waals surface area contributed by atoms with Crippen molar-refractivity contribution in [1.29, 1.82) is 0 Å². The van der Waals surface area contributed by atoms with Crippen molar-refractivity contribution in [3.63, 3.8) is 0 Å². The molecule has 0 atom stereocenters. The normalized spacial score (nSPS) is 10.2. The van der Waals surface area contributed by atoms with Gasteiger partial charge in [-0.3, -0.25) is 9.59 Å². The molecule has 2 aromatic rings. The maximum Gasteiger partial charge on any atom is 0.267 e. The van der Waals surface area contributed by atoms with E-state index in [9.17, 15) is 9.59 Å². The number of Topliss-reactive ketones (excluding diaryl/α,β-unsaturated/α-hetero) is 1. The third kappa shape index (κ3) is 2.66. The van der Waals surface area contributed by atoms with Gasteiger partial charge >= 0.3 is 0 Å². The summed E-state index contributed by atoms with van der Waals surface area (Å²) < 4.78 is 1.15. The van der Waals surface area contributed by atoms with Gasteiger partial charge in [0.1, 0.15) is 6.54 Å². The van der Waals surface area contributed by atoms with E-state index in [0.717, 1.165) is 10.2 Å². The number of hydrogen-bond donors (Lipinski definition) is 0. The van der Waals surface area contributed by atoms with Crippen LogP contribution in [0.3, 0.4) is 0 Å². The number of carbonyl (C=O) groups is 1. The van der Waals surface area contributed by atoms with Crippen LogP contribution in [0.25, 0.3) is 0 Å². The van der Waals surface area contributed by atoms with Crippen molar-refractivity contribution < 1.29 is 4.79 Å². The van der Waals surface area contributed by atoms with Crippen molar-refractivity contribution in [2.75, 3.05) is 0 Å². The van der Waals surface area contributed by atoms with Gasteiger partial charge in [0, 0.05) is 17.8 Å². The number of ketones is 1. The van der Waals surface area contributed by atoms with Crippen LogP contribution in [0.2, 0.25) is 0 Å². The number of aromatic nitrogens is 2. The number of carbonyl (C=O) groups excluding carboxylic acids is 1. The van der Waals surface area contributed by atoms with E-state index in [0.29, 0.717) is 5.56 Å². The minimum absolute atomic E-state index is 0.0251. The van der Waals surface area contributed by atoms with Gasteiger partial charge in [-0.25, -0.2) is 4.68 Å². The quantitative estimate of drug-likeness (QED) is 0.747. The summed E-state index contributed by atoms with van der Waals surface area (Å²) >= 11 is 0. The molecule has 1 aromatic carbocycles. The molecule has 0 aliphatic rings. The Hall–Kier alpha value is -2.23. The highest BCUT2D eigenvalue weighted by Crippen LogP contribution is 2.04. The lowest BCUT2D eigenvalue weighted by Crippen LogP contribution is -2.25. The van der Waals surface area contributed by atoms with E-state index in [1.54, 1.807) is 18.2 Å². The molecule has 4 heteroatoms. The molecule has 0 fully saturated rings. The third-order valence-corrected chi connectivity index (χ3v) is 2.45. The monoisotopic (exact) mass is 228 g/mol. The van der Waals surface area contributed by atoms with E-state index in [-0.39, 0.29) is 17.9 Å². The third-order valence-electron chi connectivity index (χ3n) is 2.45. The van der Waals surface area contributed by atoms with Gasteiger partial charge in [-0.05, 0) is 13.0 Å². The molecule has 0 saturated heterocycles. The number of aryl methyl sites for hydroxylation is 1. The predicted molar refractivity (Wildman–Crippen MR) is 64.0 cm³/mol. The minimum Gasteiger partial charge on any atom is -0.292 e. The maximum absolute atomic E-state index is 11.9. The first-order chi connectivity index (χ1) is 8.16. The van der Waals surface area contributed by atoms with E-state index in [1.165, 1.54) is 12.3 Å². The summed E-state index contributed by atoms with van der Waals surface area (Å²) in [5.74, 6) is -0.120.